The van der Waals surface area contributed by atoms with E-state index in [1.807, 2.05) is 6.92 Å². The van der Waals surface area contributed by atoms with Crippen molar-refractivity contribution in [3.63, 3.8) is 0 Å². The number of rotatable bonds is 11. The number of halogens is 4. The van der Waals surface area contributed by atoms with E-state index in [9.17, 15) is 18.0 Å². The van der Waals surface area contributed by atoms with Gasteiger partial charge in [0.1, 0.15) is 5.75 Å². The third-order valence-electron chi connectivity index (χ3n) is 4.14. The molecule has 1 aromatic rings. The van der Waals surface area contributed by atoms with Crippen LogP contribution in [0.5, 0.6) is 5.75 Å². The van der Waals surface area contributed by atoms with Gasteiger partial charge in [0.2, 0.25) is 0 Å². The van der Waals surface area contributed by atoms with E-state index in [4.69, 9.17) is 16.3 Å². The fourth-order valence-corrected chi connectivity index (χ4v) is 3.04. The van der Waals surface area contributed by atoms with Crippen molar-refractivity contribution in [2.45, 2.75) is 51.6 Å². The van der Waals surface area contributed by atoms with Gasteiger partial charge < -0.3 is 9.64 Å². The van der Waals surface area contributed by atoms with Crippen LogP contribution in [-0.2, 0) is 0 Å². The van der Waals surface area contributed by atoms with E-state index in [1.165, 1.54) is 23.1 Å². The molecular formula is C19H27ClF3NO2. The van der Waals surface area contributed by atoms with Crippen LogP contribution < -0.4 is 4.74 Å². The van der Waals surface area contributed by atoms with Crippen molar-refractivity contribution in [2.75, 3.05) is 20.8 Å². The van der Waals surface area contributed by atoms with Crippen LogP contribution in [0.25, 0.3) is 0 Å². The van der Waals surface area contributed by atoms with Gasteiger partial charge in [-0.05, 0) is 43.4 Å². The normalized spacial score (nSPS) is 12.7. The molecule has 0 N–H and O–H groups in total. The molecule has 148 valence electrons. The molecule has 26 heavy (non-hydrogen) atoms. The minimum atomic E-state index is -3.34. The number of alkyl halides is 3. The number of hydrogen-bond acceptors (Lipinski definition) is 2. The van der Waals surface area contributed by atoms with Crippen LogP contribution in [0.15, 0.2) is 18.2 Å². The maximum Gasteiger partial charge on any atom is 0.397 e. The smallest absolute Gasteiger partial charge is 0.397 e. The van der Waals surface area contributed by atoms with Gasteiger partial charge in [-0.1, -0.05) is 31.4 Å². The molecule has 0 aliphatic rings. The van der Waals surface area contributed by atoms with Crippen LogP contribution >= 0.6 is 11.6 Å². The van der Waals surface area contributed by atoms with Crippen LogP contribution in [0, 0.1) is 5.92 Å². The maximum absolute atomic E-state index is 14.0. The summed E-state index contributed by atoms with van der Waals surface area (Å²) in [6.07, 6.45) is -0.826. The molecule has 0 saturated carbocycles. The molecule has 3 nitrogen and oxygen atoms in total. The predicted molar refractivity (Wildman–Crippen MR) is 97.9 cm³/mol. The Morgan fingerprint density at radius 1 is 1.27 bits per heavy atom. The van der Waals surface area contributed by atoms with Gasteiger partial charge in [0.15, 0.2) is 0 Å². The van der Waals surface area contributed by atoms with E-state index in [-0.39, 0.29) is 34.6 Å². The lowest BCUT2D eigenvalue weighted by Gasteiger charge is -2.20. The van der Waals surface area contributed by atoms with E-state index in [2.05, 4.69) is 0 Å². The molecule has 0 radical (unpaired) electrons. The van der Waals surface area contributed by atoms with Gasteiger partial charge in [-0.2, -0.15) is 8.78 Å². The van der Waals surface area contributed by atoms with Crippen molar-refractivity contribution in [2.24, 2.45) is 5.92 Å². The molecule has 1 amide bonds. The molecule has 1 atom stereocenters. The zero-order valence-electron chi connectivity index (χ0n) is 15.5. The second-order valence-electron chi connectivity index (χ2n) is 6.61. The number of benzene rings is 1. The van der Waals surface area contributed by atoms with E-state index >= 15 is 0 Å². The first kappa shape index (κ1) is 22.6. The van der Waals surface area contributed by atoms with E-state index < -0.39 is 19.2 Å². The summed E-state index contributed by atoms with van der Waals surface area (Å²) in [5.74, 6) is -0.279. The summed E-state index contributed by atoms with van der Waals surface area (Å²) < 4.78 is 45.3. The van der Waals surface area contributed by atoms with Gasteiger partial charge in [0.25, 0.3) is 5.91 Å². The number of hydrogen-bond donors (Lipinski definition) is 0. The summed E-state index contributed by atoms with van der Waals surface area (Å²) in [5.41, 5.74) is 0.223. The topological polar surface area (TPSA) is 29.5 Å². The van der Waals surface area contributed by atoms with Gasteiger partial charge >= 0.3 is 6.11 Å². The molecule has 1 unspecified atom stereocenters. The highest BCUT2D eigenvalue weighted by atomic mass is 35.5. The Bertz CT molecular complexity index is 576. The van der Waals surface area contributed by atoms with Crippen molar-refractivity contribution in [3.05, 3.63) is 28.8 Å². The molecule has 0 aromatic heterocycles. The lowest BCUT2D eigenvalue weighted by Crippen LogP contribution is -2.25. The quantitative estimate of drug-likeness (QED) is 0.464. The lowest BCUT2D eigenvalue weighted by molar-refractivity contribution is -0.181. The summed E-state index contributed by atoms with van der Waals surface area (Å²) in [5, 5.41) is 0.0583. The minimum Gasteiger partial charge on any atom is -0.433 e. The highest BCUT2D eigenvalue weighted by molar-refractivity contribution is 6.34. The molecule has 0 fully saturated rings. The van der Waals surface area contributed by atoms with Crippen molar-refractivity contribution in [3.8, 4) is 5.75 Å². The van der Waals surface area contributed by atoms with Crippen LogP contribution in [0.4, 0.5) is 13.2 Å². The standard InChI is InChI=1S/C19H27ClF3NO2/c1-4-6-14(10-12-21)7-5-11-19(22,23)26-15-8-9-16(17(20)13-15)18(25)24(2)3/h8-9,13-14H,4-7,10-12H2,1-3H3. The van der Waals surface area contributed by atoms with Crippen molar-refractivity contribution < 1.29 is 22.7 Å². The van der Waals surface area contributed by atoms with E-state index in [0.717, 1.165) is 12.8 Å². The molecule has 0 spiro atoms. The average molecular weight is 394 g/mol. The summed E-state index contributed by atoms with van der Waals surface area (Å²) in [7, 11) is 3.15. The van der Waals surface area contributed by atoms with Gasteiger partial charge in [-0.3, -0.25) is 9.18 Å². The van der Waals surface area contributed by atoms with Crippen LogP contribution in [0.3, 0.4) is 0 Å². The second-order valence-corrected chi connectivity index (χ2v) is 7.01. The summed E-state index contributed by atoms with van der Waals surface area (Å²) in [6.45, 7) is 1.57. The second kappa shape index (κ2) is 10.7. The molecule has 0 bridgehead atoms. The Kier molecular flexibility index (Phi) is 9.27. The average Bonchev–Trinajstić information content (AvgIpc) is 2.54. The molecule has 7 heteroatoms. The third kappa shape index (κ3) is 7.44. The van der Waals surface area contributed by atoms with Gasteiger partial charge in [0, 0.05) is 14.1 Å². The Morgan fingerprint density at radius 3 is 2.50 bits per heavy atom. The number of carbonyl (C=O) groups excluding carboxylic acids is 1. The van der Waals surface area contributed by atoms with Gasteiger partial charge in [0.05, 0.1) is 23.7 Å². The third-order valence-corrected chi connectivity index (χ3v) is 4.45. The highest BCUT2D eigenvalue weighted by Gasteiger charge is 2.31. The van der Waals surface area contributed by atoms with Crippen LogP contribution in [0.1, 0.15) is 55.8 Å². The molecule has 0 saturated heterocycles. The number of amides is 1. The molecule has 0 heterocycles. The minimum absolute atomic E-state index is 0.0583. The summed E-state index contributed by atoms with van der Waals surface area (Å²) in [6, 6.07) is 3.89. The fourth-order valence-electron chi connectivity index (χ4n) is 2.79. The molecule has 0 aliphatic heterocycles. The Hall–Kier alpha value is -1.43. The van der Waals surface area contributed by atoms with Crippen molar-refractivity contribution in [1.82, 2.24) is 4.90 Å². The molecular weight excluding hydrogens is 367 g/mol. The summed E-state index contributed by atoms with van der Waals surface area (Å²) >= 11 is 6.00. The Morgan fingerprint density at radius 2 is 1.96 bits per heavy atom. The van der Waals surface area contributed by atoms with E-state index in [1.54, 1.807) is 14.1 Å². The zero-order valence-corrected chi connectivity index (χ0v) is 16.3. The number of carbonyl (C=O) groups is 1. The van der Waals surface area contributed by atoms with Gasteiger partial charge in [-0.15, -0.1) is 0 Å². The van der Waals surface area contributed by atoms with Crippen molar-refractivity contribution >= 4 is 17.5 Å². The number of ether oxygens (including phenoxy) is 1. The number of nitrogens with zero attached hydrogens (tertiary/aromatic N) is 1. The fraction of sp³-hybridized carbons (Fsp3) is 0.632. The first-order valence-electron chi connectivity index (χ1n) is 8.84. The monoisotopic (exact) mass is 393 g/mol. The first-order valence-corrected chi connectivity index (χ1v) is 9.22. The molecule has 0 aliphatic carbocycles. The van der Waals surface area contributed by atoms with Crippen LogP contribution in [-0.4, -0.2) is 37.7 Å². The molecule has 1 aromatic carbocycles. The Labute approximate surface area is 158 Å². The van der Waals surface area contributed by atoms with E-state index in [0.29, 0.717) is 12.8 Å². The van der Waals surface area contributed by atoms with Crippen LogP contribution in [0.2, 0.25) is 5.02 Å². The summed E-state index contributed by atoms with van der Waals surface area (Å²) in [4.78, 5) is 13.2. The predicted octanol–water partition coefficient (Wildman–Crippen LogP) is 5.96. The lowest BCUT2D eigenvalue weighted by atomic mass is 9.94. The molecule has 1 rings (SSSR count). The highest BCUT2D eigenvalue weighted by Crippen LogP contribution is 2.31. The first-order chi connectivity index (χ1) is 12.2. The zero-order chi connectivity index (χ0) is 19.7. The largest absolute Gasteiger partial charge is 0.433 e. The van der Waals surface area contributed by atoms with Gasteiger partial charge in [-0.25, -0.2) is 0 Å². The maximum atomic E-state index is 14.0. The Balaban J connectivity index is 2.63. The SMILES string of the molecule is CCCC(CCF)CCCC(F)(F)Oc1ccc(C(=O)N(C)C)c(Cl)c1. The van der Waals surface area contributed by atoms with Crippen molar-refractivity contribution in [1.29, 1.82) is 0 Å².